The van der Waals surface area contributed by atoms with Crippen LogP contribution in [0.15, 0.2) is 0 Å². The van der Waals surface area contributed by atoms with Gasteiger partial charge in [-0.1, -0.05) is 6.32 Å². The van der Waals surface area contributed by atoms with Gasteiger partial charge in [-0.3, -0.25) is 0 Å². The van der Waals surface area contributed by atoms with Gasteiger partial charge in [0.05, 0.1) is 0 Å². The minimum Gasteiger partial charge on any atom is -0.449 e. The highest BCUT2D eigenvalue weighted by Crippen LogP contribution is 2.17. The van der Waals surface area contributed by atoms with Crippen molar-refractivity contribution >= 4 is 6.98 Å². The predicted octanol–water partition coefficient (Wildman–Crippen LogP) is 1.15. The molecular weight excluding hydrogens is 130 g/mol. The van der Waals surface area contributed by atoms with Gasteiger partial charge in [-0.15, -0.1) is 0 Å². The van der Waals surface area contributed by atoms with E-state index >= 15 is 0 Å². The molecule has 1 nitrogen and oxygen atoms in total. The van der Waals surface area contributed by atoms with Gasteiger partial charge in [0.2, 0.25) is 0 Å². The maximum atomic E-state index is 11.5. The summed E-state index contributed by atoms with van der Waals surface area (Å²) in [6, 6.07) is 0. The highest BCUT2D eigenvalue weighted by Gasteiger charge is 2.26. The molecule has 0 radical (unpaired) electrons. The Bertz CT molecular complexity index is 98.5. The molecule has 54 valence electrons. The first-order valence-electron chi connectivity index (χ1n) is 3.01. The summed E-state index contributed by atoms with van der Waals surface area (Å²) in [7, 11) is 0. The summed E-state index contributed by atoms with van der Waals surface area (Å²) in [5.74, 6) is 0. The molecular formula is C4H8BF3N-. The van der Waals surface area contributed by atoms with Gasteiger partial charge in [-0.05, 0) is 6.54 Å². The fourth-order valence-electron chi connectivity index (χ4n) is 0.623. The van der Waals surface area contributed by atoms with E-state index in [0.717, 1.165) is 13.1 Å². The van der Waals surface area contributed by atoms with E-state index in [4.69, 9.17) is 0 Å². The van der Waals surface area contributed by atoms with Crippen molar-refractivity contribution in [2.24, 2.45) is 0 Å². The zero-order valence-corrected chi connectivity index (χ0v) is 4.99. The summed E-state index contributed by atoms with van der Waals surface area (Å²) >= 11 is 0. The maximum absolute atomic E-state index is 11.5. The molecule has 5 heteroatoms. The molecule has 0 aliphatic carbocycles. The molecule has 0 bridgehead atoms. The number of hydrogen-bond donors (Lipinski definition) is 0. The first-order valence-corrected chi connectivity index (χ1v) is 3.01. The fourth-order valence-corrected chi connectivity index (χ4v) is 0.623. The molecule has 1 aliphatic rings. The molecule has 1 heterocycles. The van der Waals surface area contributed by atoms with Gasteiger partial charge in [0.15, 0.2) is 0 Å². The first-order chi connectivity index (χ1) is 4.08. The van der Waals surface area contributed by atoms with Gasteiger partial charge in [0, 0.05) is 13.1 Å². The largest absolute Gasteiger partial charge is 0.479 e. The van der Waals surface area contributed by atoms with Crippen molar-refractivity contribution in [3.63, 3.8) is 0 Å². The number of hydrogen-bond acceptors (Lipinski definition) is 1. The molecule has 1 aliphatic heterocycles. The van der Waals surface area contributed by atoms with Crippen LogP contribution in [0.3, 0.4) is 0 Å². The second kappa shape index (κ2) is 2.21. The third-order valence-electron chi connectivity index (χ3n) is 1.31. The van der Waals surface area contributed by atoms with Gasteiger partial charge in [0.1, 0.15) is 0 Å². The zero-order chi connectivity index (χ0) is 6.91. The molecule has 0 aromatic rings. The highest BCUT2D eigenvalue weighted by atomic mass is 19.4. The Hall–Kier alpha value is -0.185. The van der Waals surface area contributed by atoms with Gasteiger partial charge < -0.3 is 17.8 Å². The molecule has 1 fully saturated rings. The molecule has 1 rings (SSSR count). The van der Waals surface area contributed by atoms with Crippen molar-refractivity contribution in [3.05, 3.63) is 0 Å². The van der Waals surface area contributed by atoms with E-state index in [-0.39, 0.29) is 6.54 Å². The molecule has 0 amide bonds. The number of halogens is 3. The van der Waals surface area contributed by atoms with Crippen molar-refractivity contribution in [1.82, 2.24) is 4.90 Å². The van der Waals surface area contributed by atoms with Crippen LogP contribution >= 0.6 is 0 Å². The van der Waals surface area contributed by atoms with Gasteiger partial charge in [0.25, 0.3) is 0 Å². The first kappa shape index (κ1) is 6.93. The quantitative estimate of drug-likeness (QED) is 0.417. The van der Waals surface area contributed by atoms with Crippen LogP contribution in [0.25, 0.3) is 0 Å². The predicted molar refractivity (Wildman–Crippen MR) is 30.3 cm³/mol. The molecule has 0 spiro atoms. The number of rotatable bonds is 3. The third kappa shape index (κ3) is 3.40. The molecule has 0 atom stereocenters. The molecule has 0 unspecified atom stereocenters. The van der Waals surface area contributed by atoms with E-state index in [1.54, 1.807) is 4.90 Å². The summed E-state index contributed by atoms with van der Waals surface area (Å²) < 4.78 is 34.4. The Balaban J connectivity index is 2.03. The Labute approximate surface area is 51.9 Å². The average Bonchev–Trinajstić information content (AvgIpc) is 2.38. The van der Waals surface area contributed by atoms with E-state index in [2.05, 4.69) is 0 Å². The lowest BCUT2D eigenvalue weighted by molar-refractivity contribution is 0.448. The maximum Gasteiger partial charge on any atom is 0.479 e. The van der Waals surface area contributed by atoms with Crippen molar-refractivity contribution in [2.75, 3.05) is 19.6 Å². The van der Waals surface area contributed by atoms with E-state index < -0.39 is 13.3 Å². The molecule has 0 aromatic carbocycles. The minimum atomic E-state index is -4.53. The summed E-state index contributed by atoms with van der Waals surface area (Å²) in [6.07, 6.45) is -0.597. The smallest absolute Gasteiger partial charge is 0.449 e. The van der Waals surface area contributed by atoms with E-state index in [9.17, 15) is 12.9 Å². The monoisotopic (exact) mass is 138 g/mol. The van der Waals surface area contributed by atoms with E-state index in [0.29, 0.717) is 0 Å². The Morgan fingerprint density at radius 1 is 1.22 bits per heavy atom. The van der Waals surface area contributed by atoms with Crippen molar-refractivity contribution in [3.8, 4) is 0 Å². The fraction of sp³-hybridized carbons (Fsp3) is 1.00. The van der Waals surface area contributed by atoms with Crippen LogP contribution in [0.4, 0.5) is 12.9 Å². The molecule has 0 saturated carbocycles. The molecule has 1 saturated heterocycles. The lowest BCUT2D eigenvalue weighted by Crippen LogP contribution is -2.18. The lowest BCUT2D eigenvalue weighted by Gasteiger charge is -2.12. The average molecular weight is 138 g/mol. The van der Waals surface area contributed by atoms with Crippen LogP contribution in [0.2, 0.25) is 6.32 Å². The zero-order valence-electron chi connectivity index (χ0n) is 4.99. The standard InChI is InChI=1S/C4H8BF3N/c6-5(7,8)1-2-9-3-4-9/h1-4H2/q-1. The van der Waals surface area contributed by atoms with Crippen LogP contribution in [-0.2, 0) is 0 Å². The Morgan fingerprint density at radius 2 is 1.78 bits per heavy atom. The molecule has 0 N–H and O–H groups in total. The van der Waals surface area contributed by atoms with Gasteiger partial charge in [-0.25, -0.2) is 0 Å². The SMILES string of the molecule is F[B-](F)(F)CCN1CC1. The number of nitrogens with zero attached hydrogens (tertiary/aromatic N) is 1. The van der Waals surface area contributed by atoms with E-state index in [1.165, 1.54) is 0 Å². The summed E-state index contributed by atoms with van der Waals surface area (Å²) in [6.45, 7) is -2.61. The third-order valence-corrected chi connectivity index (χ3v) is 1.31. The van der Waals surface area contributed by atoms with Crippen LogP contribution < -0.4 is 0 Å². The van der Waals surface area contributed by atoms with Gasteiger partial charge in [-0.2, -0.15) is 0 Å². The van der Waals surface area contributed by atoms with Crippen molar-refractivity contribution in [1.29, 1.82) is 0 Å². The molecule has 0 aromatic heterocycles. The van der Waals surface area contributed by atoms with Crippen LogP contribution in [0.5, 0.6) is 0 Å². The van der Waals surface area contributed by atoms with Crippen molar-refractivity contribution in [2.45, 2.75) is 6.32 Å². The molecule has 9 heavy (non-hydrogen) atoms. The highest BCUT2D eigenvalue weighted by molar-refractivity contribution is 6.58. The van der Waals surface area contributed by atoms with Crippen molar-refractivity contribution < 1.29 is 12.9 Å². The Kier molecular flexibility index (Phi) is 1.70. The van der Waals surface area contributed by atoms with Crippen LogP contribution in [0.1, 0.15) is 0 Å². The summed E-state index contributed by atoms with van der Waals surface area (Å²) in [5, 5.41) is 0. The van der Waals surface area contributed by atoms with Crippen LogP contribution in [0, 0.1) is 0 Å². The second-order valence-corrected chi connectivity index (χ2v) is 2.34. The summed E-state index contributed by atoms with van der Waals surface area (Å²) in [5.41, 5.74) is 0. The Morgan fingerprint density at radius 3 is 2.11 bits per heavy atom. The second-order valence-electron chi connectivity index (χ2n) is 2.34. The minimum absolute atomic E-state index is 0.212. The normalized spacial score (nSPS) is 20.3. The van der Waals surface area contributed by atoms with Gasteiger partial charge >= 0.3 is 6.98 Å². The van der Waals surface area contributed by atoms with E-state index in [1.807, 2.05) is 0 Å². The summed E-state index contributed by atoms with van der Waals surface area (Å²) in [4.78, 5) is 1.77. The van der Waals surface area contributed by atoms with Crippen LogP contribution in [-0.4, -0.2) is 31.5 Å². The lowest BCUT2D eigenvalue weighted by atomic mass is 9.86. The topological polar surface area (TPSA) is 3.01 Å².